The highest BCUT2D eigenvalue weighted by atomic mass is 16.1. The third-order valence-corrected chi connectivity index (χ3v) is 2.65. The fourth-order valence-corrected chi connectivity index (χ4v) is 2.14. The van der Waals surface area contributed by atoms with Gasteiger partial charge in [-0.2, -0.15) is 0 Å². The van der Waals surface area contributed by atoms with Crippen molar-refractivity contribution < 1.29 is 4.79 Å². The molecule has 2 heteroatoms. The van der Waals surface area contributed by atoms with Crippen molar-refractivity contribution >= 4 is 5.91 Å². The Morgan fingerprint density at radius 3 is 2.06 bits per heavy atom. The predicted molar refractivity (Wildman–Crippen MR) is 70.2 cm³/mol. The summed E-state index contributed by atoms with van der Waals surface area (Å²) in [7, 11) is 0. The molecular formula is C14H27NO. The van der Waals surface area contributed by atoms with E-state index in [0.29, 0.717) is 0 Å². The first-order valence-corrected chi connectivity index (χ1v) is 6.36. The van der Waals surface area contributed by atoms with Gasteiger partial charge in [0.25, 0.3) is 0 Å². The van der Waals surface area contributed by atoms with E-state index in [9.17, 15) is 4.79 Å². The van der Waals surface area contributed by atoms with Crippen LogP contribution in [0.3, 0.4) is 0 Å². The van der Waals surface area contributed by atoms with Crippen molar-refractivity contribution in [3.05, 3.63) is 12.7 Å². The summed E-state index contributed by atoms with van der Waals surface area (Å²) in [6, 6.07) is 0. The van der Waals surface area contributed by atoms with Gasteiger partial charge >= 0.3 is 0 Å². The molecule has 0 aromatic rings. The van der Waals surface area contributed by atoms with Crippen LogP contribution in [0.2, 0.25) is 0 Å². The normalized spacial score (nSPS) is 11.2. The summed E-state index contributed by atoms with van der Waals surface area (Å²) in [6.07, 6.45) is 4.92. The molecule has 0 bridgehead atoms. The second kappa shape index (κ2) is 8.37. The van der Waals surface area contributed by atoms with Crippen LogP contribution in [0, 0.1) is 17.8 Å². The van der Waals surface area contributed by atoms with E-state index in [1.54, 1.807) is 0 Å². The first-order valence-electron chi connectivity index (χ1n) is 6.36. The number of carbonyl (C=O) groups is 1. The smallest absolute Gasteiger partial charge is 0.243 e. The third-order valence-electron chi connectivity index (χ3n) is 2.65. The fourth-order valence-electron chi connectivity index (χ4n) is 2.14. The van der Waals surface area contributed by atoms with Crippen LogP contribution in [-0.4, -0.2) is 12.5 Å². The second-order valence-electron chi connectivity index (χ2n) is 5.41. The van der Waals surface area contributed by atoms with Gasteiger partial charge in [-0.25, -0.2) is 0 Å². The summed E-state index contributed by atoms with van der Waals surface area (Å²) < 4.78 is 0. The molecule has 94 valence electrons. The minimum atomic E-state index is -0.0622. The van der Waals surface area contributed by atoms with Crippen molar-refractivity contribution in [2.75, 3.05) is 6.54 Å². The van der Waals surface area contributed by atoms with Gasteiger partial charge < -0.3 is 5.32 Å². The first-order chi connectivity index (χ1) is 7.45. The average molecular weight is 225 g/mol. The Morgan fingerprint density at radius 2 is 1.69 bits per heavy atom. The maximum absolute atomic E-state index is 11.0. The van der Waals surface area contributed by atoms with E-state index < -0.39 is 0 Å². The van der Waals surface area contributed by atoms with Gasteiger partial charge in [0, 0.05) is 6.54 Å². The molecule has 0 aliphatic heterocycles. The average Bonchev–Trinajstić information content (AvgIpc) is 2.15. The zero-order chi connectivity index (χ0) is 12.6. The molecule has 16 heavy (non-hydrogen) atoms. The van der Waals surface area contributed by atoms with Crippen molar-refractivity contribution in [1.82, 2.24) is 5.32 Å². The molecule has 0 unspecified atom stereocenters. The number of hydrogen-bond donors (Lipinski definition) is 1. The van der Waals surface area contributed by atoms with Gasteiger partial charge in [-0.1, -0.05) is 34.3 Å². The molecule has 1 N–H and O–H groups in total. The molecule has 0 saturated heterocycles. The van der Waals surface area contributed by atoms with Crippen molar-refractivity contribution in [2.24, 2.45) is 17.8 Å². The Balaban J connectivity index is 3.91. The van der Waals surface area contributed by atoms with Gasteiger partial charge in [0.1, 0.15) is 0 Å². The minimum Gasteiger partial charge on any atom is -0.353 e. The standard InChI is InChI=1S/C14H27NO/c1-6-14(16)15-8-7-13(9-11(2)3)10-12(4)5/h6,11-13H,1,7-10H2,2-5H3,(H,15,16). The summed E-state index contributed by atoms with van der Waals surface area (Å²) in [5.41, 5.74) is 0. The lowest BCUT2D eigenvalue weighted by Gasteiger charge is -2.21. The number of amides is 1. The lowest BCUT2D eigenvalue weighted by molar-refractivity contribution is -0.116. The van der Waals surface area contributed by atoms with Crippen LogP contribution in [0.25, 0.3) is 0 Å². The molecule has 2 nitrogen and oxygen atoms in total. The predicted octanol–water partition coefficient (Wildman–Crippen LogP) is 3.39. The molecule has 0 aromatic carbocycles. The summed E-state index contributed by atoms with van der Waals surface area (Å²) in [5, 5.41) is 2.85. The molecule has 0 radical (unpaired) electrons. The first kappa shape index (κ1) is 15.2. The van der Waals surface area contributed by atoms with Crippen molar-refractivity contribution in [2.45, 2.75) is 47.0 Å². The highest BCUT2D eigenvalue weighted by Crippen LogP contribution is 2.22. The molecule has 0 rings (SSSR count). The van der Waals surface area contributed by atoms with Crippen LogP contribution < -0.4 is 5.32 Å². The molecule has 1 amide bonds. The van der Waals surface area contributed by atoms with Gasteiger partial charge in [-0.05, 0) is 43.1 Å². The van der Waals surface area contributed by atoms with E-state index >= 15 is 0 Å². The molecule has 0 aliphatic rings. The van der Waals surface area contributed by atoms with Crippen LogP contribution in [0.15, 0.2) is 12.7 Å². The van der Waals surface area contributed by atoms with E-state index in [-0.39, 0.29) is 5.91 Å². The van der Waals surface area contributed by atoms with Crippen LogP contribution in [-0.2, 0) is 4.79 Å². The van der Waals surface area contributed by atoms with Gasteiger partial charge in [-0.15, -0.1) is 0 Å². The van der Waals surface area contributed by atoms with E-state index in [2.05, 4.69) is 39.6 Å². The van der Waals surface area contributed by atoms with Crippen LogP contribution >= 0.6 is 0 Å². The Hall–Kier alpha value is -0.790. The third kappa shape index (κ3) is 8.51. The molecule has 0 heterocycles. The van der Waals surface area contributed by atoms with Crippen LogP contribution in [0.5, 0.6) is 0 Å². The molecule has 0 aliphatic carbocycles. The van der Waals surface area contributed by atoms with Gasteiger partial charge in [-0.3, -0.25) is 4.79 Å². The zero-order valence-corrected chi connectivity index (χ0v) is 11.3. The van der Waals surface area contributed by atoms with Crippen LogP contribution in [0.1, 0.15) is 47.0 Å². The second-order valence-corrected chi connectivity index (χ2v) is 5.41. The van der Waals surface area contributed by atoms with Gasteiger partial charge in [0.15, 0.2) is 0 Å². The Kier molecular flexibility index (Phi) is 7.96. The number of hydrogen-bond acceptors (Lipinski definition) is 1. The lowest BCUT2D eigenvalue weighted by atomic mass is 9.87. The van der Waals surface area contributed by atoms with Gasteiger partial charge in [0.2, 0.25) is 5.91 Å². The highest BCUT2D eigenvalue weighted by Gasteiger charge is 2.12. The van der Waals surface area contributed by atoms with Crippen molar-refractivity contribution in [3.8, 4) is 0 Å². The summed E-state index contributed by atoms with van der Waals surface area (Å²) >= 11 is 0. The molecule has 0 fully saturated rings. The summed E-state index contributed by atoms with van der Waals surface area (Å²) in [6.45, 7) is 13.3. The Morgan fingerprint density at radius 1 is 1.19 bits per heavy atom. The summed E-state index contributed by atoms with van der Waals surface area (Å²) in [4.78, 5) is 11.0. The molecule has 0 atom stereocenters. The molecular weight excluding hydrogens is 198 g/mol. The SMILES string of the molecule is C=CC(=O)NCCC(CC(C)C)CC(C)C. The van der Waals surface area contributed by atoms with E-state index in [1.807, 2.05) is 0 Å². The summed E-state index contributed by atoms with van der Waals surface area (Å²) in [5.74, 6) is 2.13. The monoisotopic (exact) mass is 225 g/mol. The maximum Gasteiger partial charge on any atom is 0.243 e. The number of carbonyl (C=O) groups excluding carboxylic acids is 1. The van der Waals surface area contributed by atoms with Crippen molar-refractivity contribution in [3.63, 3.8) is 0 Å². The Labute approximate surface area is 101 Å². The number of nitrogens with one attached hydrogen (secondary N) is 1. The minimum absolute atomic E-state index is 0.0622. The van der Waals surface area contributed by atoms with E-state index in [4.69, 9.17) is 0 Å². The molecule has 0 spiro atoms. The van der Waals surface area contributed by atoms with E-state index in [1.165, 1.54) is 18.9 Å². The lowest BCUT2D eigenvalue weighted by Crippen LogP contribution is -2.24. The van der Waals surface area contributed by atoms with Gasteiger partial charge in [0.05, 0.1) is 0 Å². The molecule has 0 aromatic heterocycles. The highest BCUT2D eigenvalue weighted by molar-refractivity contribution is 5.86. The molecule has 0 saturated carbocycles. The largest absolute Gasteiger partial charge is 0.353 e. The van der Waals surface area contributed by atoms with Crippen molar-refractivity contribution in [1.29, 1.82) is 0 Å². The quantitative estimate of drug-likeness (QED) is 0.630. The topological polar surface area (TPSA) is 29.1 Å². The van der Waals surface area contributed by atoms with Crippen LogP contribution in [0.4, 0.5) is 0 Å². The number of rotatable bonds is 8. The fraction of sp³-hybridized carbons (Fsp3) is 0.786. The van der Waals surface area contributed by atoms with E-state index in [0.717, 1.165) is 30.7 Å². The zero-order valence-electron chi connectivity index (χ0n) is 11.3. The Bertz CT molecular complexity index is 199. The maximum atomic E-state index is 11.0.